The maximum atomic E-state index is 12.6. The van der Waals surface area contributed by atoms with E-state index in [4.69, 9.17) is 33.3 Å². The van der Waals surface area contributed by atoms with Gasteiger partial charge in [0.1, 0.15) is 16.3 Å². The molecule has 1 unspecified atom stereocenters. The van der Waals surface area contributed by atoms with Gasteiger partial charge < -0.3 is 14.8 Å². The Labute approximate surface area is 219 Å². The minimum absolute atomic E-state index is 0.0910. The highest BCUT2D eigenvalue weighted by Crippen LogP contribution is 2.40. The Balaban J connectivity index is 1.67. The van der Waals surface area contributed by atoms with E-state index in [0.717, 1.165) is 20.5 Å². The second-order valence-corrected chi connectivity index (χ2v) is 9.95. The van der Waals surface area contributed by atoms with Crippen LogP contribution in [0.3, 0.4) is 0 Å². The van der Waals surface area contributed by atoms with Crippen LogP contribution in [0, 0.1) is 6.92 Å². The molecule has 0 fully saturated rings. The fourth-order valence-corrected chi connectivity index (χ4v) is 5.06. The zero-order valence-corrected chi connectivity index (χ0v) is 22.4. The second-order valence-electron chi connectivity index (χ2n) is 7.00. The number of thiocarbonyl (C=S) groups is 1. The number of ether oxygens (including phenoxy) is 2. The standard InChI is InChI=1S/C23H21BrClN3O4S2/c1-12(32-17-10-9-15(24)11-16(17)25)20(29)27-28-23(33)26-21-19(22(30)31-3)18(13(2)34-21)14-7-5-4-6-8-14/h4-12H,1-3H3,(H,27,29)(H2,26,28,33). The summed E-state index contributed by atoms with van der Waals surface area (Å²) in [6, 6.07) is 14.6. The molecule has 0 saturated heterocycles. The Kier molecular flexibility index (Phi) is 8.90. The molecule has 7 nitrogen and oxygen atoms in total. The lowest BCUT2D eigenvalue weighted by atomic mass is 10.0. The number of anilines is 1. The number of amides is 1. The highest BCUT2D eigenvalue weighted by Gasteiger charge is 2.25. The van der Waals surface area contributed by atoms with Gasteiger partial charge in [0.25, 0.3) is 5.91 Å². The monoisotopic (exact) mass is 581 g/mol. The van der Waals surface area contributed by atoms with E-state index < -0.39 is 18.0 Å². The van der Waals surface area contributed by atoms with Crippen LogP contribution in [0.4, 0.5) is 5.00 Å². The summed E-state index contributed by atoms with van der Waals surface area (Å²) in [6.45, 7) is 3.49. The van der Waals surface area contributed by atoms with Gasteiger partial charge in [0.05, 0.1) is 12.1 Å². The van der Waals surface area contributed by atoms with Crippen molar-refractivity contribution in [1.29, 1.82) is 0 Å². The summed E-state index contributed by atoms with van der Waals surface area (Å²) in [5.41, 5.74) is 7.13. The third-order valence-corrected chi connectivity index (χ3v) is 6.64. The zero-order valence-electron chi connectivity index (χ0n) is 18.4. The summed E-state index contributed by atoms with van der Waals surface area (Å²) in [5, 5.41) is 3.94. The lowest BCUT2D eigenvalue weighted by Gasteiger charge is -2.17. The topological polar surface area (TPSA) is 88.7 Å². The van der Waals surface area contributed by atoms with Crippen LogP contribution in [-0.4, -0.2) is 30.2 Å². The number of nitrogens with one attached hydrogen (secondary N) is 3. The van der Waals surface area contributed by atoms with Crippen LogP contribution in [0.1, 0.15) is 22.2 Å². The van der Waals surface area contributed by atoms with Gasteiger partial charge in [-0.3, -0.25) is 15.6 Å². The molecule has 0 radical (unpaired) electrons. The first-order chi connectivity index (χ1) is 16.2. The van der Waals surface area contributed by atoms with Gasteiger partial charge in [0, 0.05) is 14.9 Å². The van der Waals surface area contributed by atoms with Crippen LogP contribution in [0.15, 0.2) is 53.0 Å². The van der Waals surface area contributed by atoms with E-state index in [1.54, 1.807) is 25.1 Å². The number of carbonyl (C=O) groups is 2. The smallest absolute Gasteiger partial charge is 0.341 e. The molecular weight excluding hydrogens is 562 g/mol. The summed E-state index contributed by atoms with van der Waals surface area (Å²) in [5.74, 6) is -0.590. The lowest BCUT2D eigenvalue weighted by molar-refractivity contribution is -0.127. The van der Waals surface area contributed by atoms with Crippen LogP contribution < -0.4 is 20.9 Å². The molecular formula is C23H21BrClN3O4S2. The third-order valence-electron chi connectivity index (χ3n) is 4.63. The van der Waals surface area contributed by atoms with E-state index in [0.29, 0.717) is 21.3 Å². The van der Waals surface area contributed by atoms with Crippen molar-refractivity contribution in [2.45, 2.75) is 20.0 Å². The summed E-state index contributed by atoms with van der Waals surface area (Å²) in [7, 11) is 1.32. The van der Waals surface area contributed by atoms with Crippen LogP contribution in [0.5, 0.6) is 5.75 Å². The molecule has 178 valence electrons. The maximum absolute atomic E-state index is 12.6. The number of hydrogen-bond donors (Lipinski definition) is 3. The van der Waals surface area contributed by atoms with E-state index in [2.05, 4.69) is 32.1 Å². The first kappa shape index (κ1) is 26.0. The van der Waals surface area contributed by atoms with Gasteiger partial charge in [-0.25, -0.2) is 4.79 Å². The molecule has 3 aromatic rings. The molecule has 2 aromatic carbocycles. The number of rotatable bonds is 6. The van der Waals surface area contributed by atoms with Crippen molar-refractivity contribution in [2.75, 3.05) is 12.4 Å². The van der Waals surface area contributed by atoms with Gasteiger partial charge in [-0.1, -0.05) is 57.9 Å². The Hall–Kier alpha value is -2.66. The minimum atomic E-state index is -0.853. The van der Waals surface area contributed by atoms with Crippen LogP contribution >= 0.6 is 51.1 Å². The highest BCUT2D eigenvalue weighted by atomic mass is 79.9. The summed E-state index contributed by atoms with van der Waals surface area (Å²) >= 11 is 16.1. The number of hydrogen-bond acceptors (Lipinski definition) is 6. The van der Waals surface area contributed by atoms with Gasteiger partial charge in [-0.2, -0.15) is 0 Å². The van der Waals surface area contributed by atoms with Crippen LogP contribution in [0.25, 0.3) is 11.1 Å². The number of halogens is 2. The molecule has 11 heteroatoms. The predicted molar refractivity (Wildman–Crippen MR) is 143 cm³/mol. The van der Waals surface area contributed by atoms with Crippen molar-refractivity contribution in [3.63, 3.8) is 0 Å². The molecule has 0 aliphatic carbocycles. The van der Waals surface area contributed by atoms with E-state index in [9.17, 15) is 9.59 Å². The molecule has 1 amide bonds. The molecule has 0 bridgehead atoms. The van der Waals surface area contributed by atoms with Gasteiger partial charge >= 0.3 is 5.97 Å². The summed E-state index contributed by atoms with van der Waals surface area (Å²) in [6.07, 6.45) is -0.853. The number of methoxy groups -OCH3 is 1. The van der Waals surface area contributed by atoms with Gasteiger partial charge in [0.2, 0.25) is 0 Å². The third kappa shape index (κ3) is 6.26. The van der Waals surface area contributed by atoms with Gasteiger partial charge in [-0.15, -0.1) is 11.3 Å². The van der Waals surface area contributed by atoms with Crippen molar-refractivity contribution < 1.29 is 19.1 Å². The Morgan fingerprint density at radius 1 is 1.15 bits per heavy atom. The van der Waals surface area contributed by atoms with E-state index in [-0.39, 0.29) is 5.11 Å². The Bertz CT molecular complexity index is 1220. The fourth-order valence-electron chi connectivity index (χ4n) is 3.05. The van der Waals surface area contributed by atoms with Crippen molar-refractivity contribution >= 4 is 73.1 Å². The van der Waals surface area contributed by atoms with Crippen molar-refractivity contribution in [3.05, 3.63) is 68.5 Å². The normalized spacial score (nSPS) is 11.3. The van der Waals surface area contributed by atoms with E-state index >= 15 is 0 Å². The average molecular weight is 583 g/mol. The molecule has 1 aromatic heterocycles. The fraction of sp³-hybridized carbons (Fsp3) is 0.174. The average Bonchev–Trinajstić information content (AvgIpc) is 3.14. The summed E-state index contributed by atoms with van der Waals surface area (Å²) in [4.78, 5) is 25.9. The molecule has 3 rings (SSSR count). The van der Waals surface area contributed by atoms with E-state index in [1.165, 1.54) is 18.4 Å². The minimum Gasteiger partial charge on any atom is -0.479 e. The number of carbonyl (C=O) groups excluding carboxylic acids is 2. The zero-order chi connectivity index (χ0) is 24.8. The van der Waals surface area contributed by atoms with Crippen LogP contribution in [-0.2, 0) is 9.53 Å². The van der Waals surface area contributed by atoms with Crippen molar-refractivity contribution in [2.24, 2.45) is 0 Å². The first-order valence-electron chi connectivity index (χ1n) is 9.97. The molecule has 0 aliphatic rings. The first-order valence-corrected chi connectivity index (χ1v) is 12.4. The highest BCUT2D eigenvalue weighted by molar-refractivity contribution is 9.10. The molecule has 0 spiro atoms. The van der Waals surface area contributed by atoms with Crippen molar-refractivity contribution in [1.82, 2.24) is 10.9 Å². The van der Waals surface area contributed by atoms with E-state index in [1.807, 2.05) is 37.3 Å². The quantitative estimate of drug-likeness (QED) is 0.195. The van der Waals surface area contributed by atoms with Crippen LogP contribution in [0.2, 0.25) is 5.02 Å². The number of esters is 1. The predicted octanol–water partition coefficient (Wildman–Crippen LogP) is 5.71. The Morgan fingerprint density at radius 2 is 1.85 bits per heavy atom. The number of benzene rings is 2. The molecule has 1 heterocycles. The van der Waals surface area contributed by atoms with Crippen molar-refractivity contribution in [3.8, 4) is 16.9 Å². The second kappa shape index (κ2) is 11.7. The van der Waals surface area contributed by atoms with Gasteiger partial charge in [0.15, 0.2) is 11.2 Å². The lowest BCUT2D eigenvalue weighted by Crippen LogP contribution is -2.48. The largest absolute Gasteiger partial charge is 0.479 e. The molecule has 1 atom stereocenters. The summed E-state index contributed by atoms with van der Waals surface area (Å²) < 4.78 is 11.4. The maximum Gasteiger partial charge on any atom is 0.341 e. The SMILES string of the molecule is COC(=O)c1c(NC(=S)NNC(=O)C(C)Oc2ccc(Br)cc2Cl)sc(C)c1-c1ccccc1. The number of hydrazine groups is 1. The molecule has 3 N–H and O–H groups in total. The van der Waals surface area contributed by atoms with Gasteiger partial charge in [-0.05, 0) is 49.8 Å². The number of thiophene rings is 1. The number of aryl methyl sites for hydroxylation is 1. The molecule has 34 heavy (non-hydrogen) atoms. The Morgan fingerprint density at radius 3 is 2.50 bits per heavy atom. The molecule has 0 saturated carbocycles. The molecule has 0 aliphatic heterocycles.